The molecule has 4 nitrogen and oxygen atoms in total. The average molecular weight is 262 g/mol. The van der Waals surface area contributed by atoms with Gasteiger partial charge in [-0.3, -0.25) is 4.79 Å². The number of hydrogen-bond acceptors (Lipinski definition) is 3. The summed E-state index contributed by atoms with van der Waals surface area (Å²) in [5, 5.41) is 6.24. The van der Waals surface area contributed by atoms with Crippen LogP contribution in [0.1, 0.15) is 36.5 Å². The van der Waals surface area contributed by atoms with Crippen molar-refractivity contribution in [3.05, 3.63) is 34.9 Å². The van der Waals surface area contributed by atoms with E-state index >= 15 is 0 Å². The van der Waals surface area contributed by atoms with E-state index in [4.69, 9.17) is 4.74 Å². The van der Waals surface area contributed by atoms with Gasteiger partial charge in [-0.05, 0) is 23.1 Å². The fourth-order valence-corrected chi connectivity index (χ4v) is 2.16. The van der Waals surface area contributed by atoms with Gasteiger partial charge in [-0.1, -0.05) is 25.1 Å². The number of hydrogen-bond donors (Lipinski definition) is 2. The number of amides is 1. The SMILES string of the molecule is CCCOCCC(=O)NCc1ccc2c(c1)CNC2. The van der Waals surface area contributed by atoms with E-state index in [2.05, 4.69) is 35.8 Å². The van der Waals surface area contributed by atoms with Crippen LogP contribution >= 0.6 is 0 Å². The molecule has 0 unspecified atom stereocenters. The van der Waals surface area contributed by atoms with E-state index in [-0.39, 0.29) is 5.91 Å². The van der Waals surface area contributed by atoms with E-state index in [1.54, 1.807) is 0 Å². The molecule has 0 saturated heterocycles. The van der Waals surface area contributed by atoms with Crippen LogP contribution in [-0.2, 0) is 29.2 Å². The van der Waals surface area contributed by atoms with Gasteiger partial charge in [-0.2, -0.15) is 0 Å². The van der Waals surface area contributed by atoms with Crippen molar-refractivity contribution in [2.24, 2.45) is 0 Å². The van der Waals surface area contributed by atoms with Gasteiger partial charge in [0.1, 0.15) is 0 Å². The fraction of sp³-hybridized carbons (Fsp3) is 0.533. The second kappa shape index (κ2) is 7.26. The normalized spacial score (nSPS) is 13.3. The summed E-state index contributed by atoms with van der Waals surface area (Å²) in [6.07, 6.45) is 1.43. The number of carbonyl (C=O) groups excluding carboxylic acids is 1. The molecule has 0 saturated carbocycles. The molecule has 2 rings (SSSR count). The number of benzene rings is 1. The van der Waals surface area contributed by atoms with Crippen molar-refractivity contribution in [3.8, 4) is 0 Å². The van der Waals surface area contributed by atoms with Crippen molar-refractivity contribution in [2.75, 3.05) is 13.2 Å². The largest absolute Gasteiger partial charge is 0.381 e. The number of ether oxygens (including phenoxy) is 1. The smallest absolute Gasteiger partial charge is 0.222 e. The molecule has 0 fully saturated rings. The molecule has 1 heterocycles. The summed E-state index contributed by atoms with van der Waals surface area (Å²) in [6, 6.07) is 6.39. The van der Waals surface area contributed by atoms with Gasteiger partial charge in [0.05, 0.1) is 6.61 Å². The van der Waals surface area contributed by atoms with Crippen molar-refractivity contribution in [2.45, 2.75) is 39.4 Å². The van der Waals surface area contributed by atoms with Gasteiger partial charge in [0.25, 0.3) is 0 Å². The summed E-state index contributed by atoms with van der Waals surface area (Å²) in [5.74, 6) is 0.0507. The van der Waals surface area contributed by atoms with Gasteiger partial charge in [0.2, 0.25) is 5.91 Å². The van der Waals surface area contributed by atoms with E-state index in [1.807, 2.05) is 0 Å². The zero-order chi connectivity index (χ0) is 13.5. The van der Waals surface area contributed by atoms with Gasteiger partial charge in [0, 0.05) is 32.7 Å². The van der Waals surface area contributed by atoms with E-state index in [1.165, 1.54) is 11.1 Å². The zero-order valence-corrected chi connectivity index (χ0v) is 11.5. The van der Waals surface area contributed by atoms with Gasteiger partial charge in [0.15, 0.2) is 0 Å². The van der Waals surface area contributed by atoms with E-state index in [0.29, 0.717) is 19.6 Å². The molecule has 0 spiro atoms. The number of carbonyl (C=O) groups is 1. The highest BCUT2D eigenvalue weighted by Gasteiger charge is 2.10. The van der Waals surface area contributed by atoms with Crippen molar-refractivity contribution in [3.63, 3.8) is 0 Å². The van der Waals surface area contributed by atoms with E-state index in [9.17, 15) is 4.79 Å². The molecule has 0 radical (unpaired) electrons. The summed E-state index contributed by atoms with van der Waals surface area (Å²) in [4.78, 5) is 11.6. The molecule has 0 aliphatic carbocycles. The van der Waals surface area contributed by atoms with Gasteiger partial charge >= 0.3 is 0 Å². The Kier molecular flexibility index (Phi) is 5.36. The second-order valence-corrected chi connectivity index (χ2v) is 4.85. The summed E-state index contributed by atoms with van der Waals surface area (Å²) < 4.78 is 5.30. The Hall–Kier alpha value is -1.39. The van der Waals surface area contributed by atoms with Crippen molar-refractivity contribution in [1.82, 2.24) is 10.6 Å². The molecule has 1 aromatic rings. The minimum Gasteiger partial charge on any atom is -0.381 e. The number of fused-ring (bicyclic) bond motifs is 1. The topological polar surface area (TPSA) is 50.4 Å². The summed E-state index contributed by atoms with van der Waals surface area (Å²) >= 11 is 0. The minimum atomic E-state index is 0.0507. The van der Waals surface area contributed by atoms with Crippen LogP contribution in [0.5, 0.6) is 0 Å². The Morgan fingerprint density at radius 1 is 1.32 bits per heavy atom. The molecule has 1 amide bonds. The lowest BCUT2D eigenvalue weighted by molar-refractivity contribution is -0.122. The summed E-state index contributed by atoms with van der Waals surface area (Å²) in [7, 11) is 0. The lowest BCUT2D eigenvalue weighted by Gasteiger charge is -2.07. The van der Waals surface area contributed by atoms with Crippen LogP contribution in [0.4, 0.5) is 0 Å². The maximum atomic E-state index is 11.6. The van der Waals surface area contributed by atoms with Crippen LogP contribution in [0.2, 0.25) is 0 Å². The monoisotopic (exact) mass is 262 g/mol. The van der Waals surface area contributed by atoms with Crippen LogP contribution < -0.4 is 10.6 Å². The lowest BCUT2D eigenvalue weighted by Crippen LogP contribution is -2.24. The highest BCUT2D eigenvalue weighted by molar-refractivity contribution is 5.75. The first kappa shape index (κ1) is 14.0. The quantitative estimate of drug-likeness (QED) is 0.736. The fourth-order valence-electron chi connectivity index (χ4n) is 2.16. The summed E-state index contributed by atoms with van der Waals surface area (Å²) in [5.41, 5.74) is 3.87. The maximum absolute atomic E-state index is 11.6. The Morgan fingerprint density at radius 2 is 2.16 bits per heavy atom. The molecule has 19 heavy (non-hydrogen) atoms. The lowest BCUT2D eigenvalue weighted by atomic mass is 10.1. The second-order valence-electron chi connectivity index (χ2n) is 4.85. The highest BCUT2D eigenvalue weighted by atomic mass is 16.5. The molecule has 1 aromatic carbocycles. The van der Waals surface area contributed by atoms with Crippen LogP contribution in [-0.4, -0.2) is 19.1 Å². The molecule has 1 aliphatic rings. The molecular formula is C15H22N2O2. The molecule has 104 valence electrons. The molecular weight excluding hydrogens is 240 g/mol. The summed E-state index contributed by atoms with van der Waals surface area (Å²) in [6.45, 7) is 5.78. The molecule has 4 heteroatoms. The van der Waals surface area contributed by atoms with Crippen molar-refractivity contribution < 1.29 is 9.53 Å². The molecule has 1 aliphatic heterocycles. The number of nitrogens with one attached hydrogen (secondary N) is 2. The van der Waals surface area contributed by atoms with Crippen LogP contribution in [0.15, 0.2) is 18.2 Å². The van der Waals surface area contributed by atoms with Crippen LogP contribution in [0, 0.1) is 0 Å². The van der Waals surface area contributed by atoms with Crippen LogP contribution in [0.25, 0.3) is 0 Å². The first-order valence-electron chi connectivity index (χ1n) is 6.95. The molecule has 0 aromatic heterocycles. The molecule has 2 N–H and O–H groups in total. The Balaban J connectivity index is 1.71. The van der Waals surface area contributed by atoms with Gasteiger partial charge < -0.3 is 15.4 Å². The predicted molar refractivity (Wildman–Crippen MR) is 74.6 cm³/mol. The van der Waals surface area contributed by atoms with Crippen LogP contribution in [0.3, 0.4) is 0 Å². The van der Waals surface area contributed by atoms with Gasteiger partial charge in [-0.25, -0.2) is 0 Å². The highest BCUT2D eigenvalue weighted by Crippen LogP contribution is 2.16. The molecule has 0 bridgehead atoms. The zero-order valence-electron chi connectivity index (χ0n) is 11.5. The number of rotatable bonds is 7. The first-order valence-corrected chi connectivity index (χ1v) is 6.95. The Morgan fingerprint density at radius 3 is 3.00 bits per heavy atom. The van der Waals surface area contributed by atoms with Crippen molar-refractivity contribution >= 4 is 5.91 Å². The molecule has 0 atom stereocenters. The Labute approximate surface area is 114 Å². The minimum absolute atomic E-state index is 0.0507. The Bertz CT molecular complexity index is 432. The predicted octanol–water partition coefficient (Wildman–Crippen LogP) is 1.72. The standard InChI is InChI=1S/C15H22N2O2/c1-2-6-19-7-5-15(18)17-9-12-3-4-13-10-16-11-14(13)8-12/h3-4,8,16H,2,5-7,9-11H2,1H3,(H,17,18). The first-order chi connectivity index (χ1) is 9.29. The van der Waals surface area contributed by atoms with Gasteiger partial charge in [-0.15, -0.1) is 0 Å². The third-order valence-corrected chi connectivity index (χ3v) is 3.21. The van der Waals surface area contributed by atoms with Crippen molar-refractivity contribution in [1.29, 1.82) is 0 Å². The average Bonchev–Trinajstić information content (AvgIpc) is 2.89. The van der Waals surface area contributed by atoms with E-state index in [0.717, 1.165) is 31.7 Å². The van der Waals surface area contributed by atoms with E-state index < -0.39 is 0 Å². The third kappa shape index (κ3) is 4.33. The third-order valence-electron chi connectivity index (χ3n) is 3.21. The maximum Gasteiger partial charge on any atom is 0.222 e.